The summed E-state index contributed by atoms with van der Waals surface area (Å²) in [6.07, 6.45) is 42.1. The minimum atomic E-state index is 0. The molecule has 360 valence electrons. The molecule has 0 saturated carbocycles. The summed E-state index contributed by atoms with van der Waals surface area (Å²) in [5, 5.41) is 43.6. The van der Waals surface area contributed by atoms with Crippen LogP contribution in [0.4, 0.5) is 0 Å². The van der Waals surface area contributed by atoms with Gasteiger partial charge in [-0.15, -0.1) is 23.0 Å². The Labute approximate surface area is 419 Å². The quantitative estimate of drug-likeness (QED) is 0.0456. The standard InChI is InChI=1S/4C15H24O.Zr/c4*1-2-3-4-5-6-7-8-9-14-10-12-15(16)13-11-14;/h4*10-13,16H,2-9H2,1H3;/q;;;;+4/p-4. The van der Waals surface area contributed by atoms with Crippen molar-refractivity contribution in [2.75, 3.05) is 0 Å². The summed E-state index contributed by atoms with van der Waals surface area (Å²) in [6, 6.07) is 29.0. The van der Waals surface area contributed by atoms with E-state index in [-0.39, 0.29) is 49.2 Å². The van der Waals surface area contributed by atoms with E-state index in [0.717, 1.165) is 25.7 Å². The first-order valence-electron chi connectivity index (χ1n) is 26.3. The SMILES string of the molecule is CCCCCCCCCc1ccc([O-])cc1.CCCCCCCCCc1ccc([O-])cc1.CCCCCCCCCc1ccc([O-])cc1.CCCCCCCCCc1ccc([O-])cc1.[Zr+4]. The van der Waals surface area contributed by atoms with Gasteiger partial charge in [-0.3, -0.25) is 0 Å². The van der Waals surface area contributed by atoms with Crippen LogP contribution in [0, 0.1) is 0 Å². The summed E-state index contributed by atoms with van der Waals surface area (Å²) in [7, 11) is 0. The third-order valence-electron chi connectivity index (χ3n) is 12.0. The maximum absolute atomic E-state index is 10.9. The molecule has 0 aliphatic heterocycles. The molecule has 0 fully saturated rings. The third-order valence-corrected chi connectivity index (χ3v) is 12.0. The second kappa shape index (κ2) is 46.1. The van der Waals surface area contributed by atoms with Gasteiger partial charge < -0.3 is 20.4 Å². The molecule has 0 aliphatic carbocycles. The minimum absolute atomic E-state index is 0. The van der Waals surface area contributed by atoms with Gasteiger partial charge in [0.25, 0.3) is 0 Å². The molecule has 0 aliphatic rings. The second-order valence-corrected chi connectivity index (χ2v) is 18.1. The molecular weight excluding hydrogens is 876 g/mol. The molecule has 0 spiro atoms. The molecule has 65 heavy (non-hydrogen) atoms. The molecule has 0 saturated heterocycles. The van der Waals surface area contributed by atoms with Crippen LogP contribution in [0.5, 0.6) is 23.0 Å². The number of hydrogen-bond acceptors (Lipinski definition) is 4. The van der Waals surface area contributed by atoms with Crippen molar-refractivity contribution in [3.63, 3.8) is 0 Å². The van der Waals surface area contributed by atoms with Crippen molar-refractivity contribution in [1.82, 2.24) is 0 Å². The molecular formula is C60H92O4Zr. The van der Waals surface area contributed by atoms with Crippen molar-refractivity contribution in [2.24, 2.45) is 0 Å². The molecule has 0 heterocycles. The number of hydrogen-bond donors (Lipinski definition) is 0. The number of benzene rings is 4. The van der Waals surface area contributed by atoms with Crippen LogP contribution in [0.25, 0.3) is 0 Å². The Bertz CT molecular complexity index is 1300. The van der Waals surface area contributed by atoms with Crippen molar-refractivity contribution in [1.29, 1.82) is 0 Å². The fourth-order valence-electron chi connectivity index (χ4n) is 7.77. The van der Waals surface area contributed by atoms with Crippen LogP contribution in [-0.4, -0.2) is 0 Å². The molecule has 0 aromatic heterocycles. The van der Waals surface area contributed by atoms with E-state index in [1.54, 1.807) is 48.5 Å². The van der Waals surface area contributed by atoms with Crippen LogP contribution in [0.1, 0.15) is 230 Å². The summed E-state index contributed by atoms with van der Waals surface area (Å²) in [5.74, 6) is 0.457. The van der Waals surface area contributed by atoms with Crippen LogP contribution in [0.3, 0.4) is 0 Å². The first-order chi connectivity index (χ1) is 31.3. The van der Waals surface area contributed by atoms with Crippen LogP contribution in [-0.2, 0) is 51.9 Å². The van der Waals surface area contributed by atoms with Gasteiger partial charge >= 0.3 is 26.2 Å². The third kappa shape index (κ3) is 39.8. The smallest absolute Gasteiger partial charge is 0.872 e. The summed E-state index contributed by atoms with van der Waals surface area (Å²) in [5.41, 5.74) is 5.20. The van der Waals surface area contributed by atoms with Gasteiger partial charge in [-0.25, -0.2) is 0 Å². The molecule has 0 atom stereocenters. The van der Waals surface area contributed by atoms with Gasteiger partial charge in [0.15, 0.2) is 0 Å². The van der Waals surface area contributed by atoms with Gasteiger partial charge in [0, 0.05) is 0 Å². The molecule has 0 N–H and O–H groups in total. The summed E-state index contributed by atoms with van der Waals surface area (Å²) in [4.78, 5) is 0. The van der Waals surface area contributed by atoms with Crippen molar-refractivity contribution in [2.45, 2.75) is 233 Å². The van der Waals surface area contributed by atoms with Crippen molar-refractivity contribution >= 4 is 0 Å². The summed E-state index contributed by atoms with van der Waals surface area (Å²) < 4.78 is 0. The normalized spacial score (nSPS) is 10.4. The Kier molecular flexibility index (Phi) is 43.9. The van der Waals surface area contributed by atoms with Crippen molar-refractivity contribution in [3.8, 4) is 23.0 Å². The van der Waals surface area contributed by atoms with Crippen LogP contribution >= 0.6 is 0 Å². The van der Waals surface area contributed by atoms with E-state index in [1.807, 2.05) is 48.5 Å². The van der Waals surface area contributed by atoms with E-state index in [4.69, 9.17) is 0 Å². The fraction of sp³-hybridized carbons (Fsp3) is 0.600. The minimum Gasteiger partial charge on any atom is -0.872 e. The zero-order valence-corrected chi connectivity index (χ0v) is 44.5. The topological polar surface area (TPSA) is 92.2 Å². The molecule has 4 aromatic rings. The van der Waals surface area contributed by atoms with Crippen LogP contribution in [0.2, 0.25) is 0 Å². The average molecular weight is 969 g/mol. The van der Waals surface area contributed by atoms with Gasteiger partial charge in [-0.1, -0.05) is 279 Å². The fourth-order valence-corrected chi connectivity index (χ4v) is 7.77. The summed E-state index contributed by atoms with van der Waals surface area (Å²) >= 11 is 0. The van der Waals surface area contributed by atoms with Crippen molar-refractivity contribution < 1.29 is 46.6 Å². The molecule has 4 nitrogen and oxygen atoms in total. The van der Waals surface area contributed by atoms with Gasteiger partial charge in [0.1, 0.15) is 0 Å². The molecule has 0 radical (unpaired) electrons. The molecule has 0 bridgehead atoms. The average Bonchev–Trinajstić information content (AvgIpc) is 3.31. The first kappa shape index (κ1) is 62.0. The Morgan fingerprint density at radius 1 is 0.215 bits per heavy atom. The molecule has 5 heteroatoms. The second-order valence-electron chi connectivity index (χ2n) is 18.1. The van der Waals surface area contributed by atoms with E-state index in [1.165, 1.54) is 202 Å². The Balaban J connectivity index is 0.000000836. The predicted molar refractivity (Wildman–Crippen MR) is 270 cm³/mol. The molecule has 0 unspecified atom stereocenters. The van der Waals surface area contributed by atoms with E-state index in [0.29, 0.717) is 0 Å². The van der Waals surface area contributed by atoms with E-state index in [2.05, 4.69) is 27.7 Å². The maximum Gasteiger partial charge on any atom is 4.00 e. The summed E-state index contributed by atoms with van der Waals surface area (Å²) in [6.45, 7) is 9.00. The molecule has 4 aromatic carbocycles. The molecule has 4 rings (SSSR count). The first-order valence-corrected chi connectivity index (χ1v) is 26.3. The Hall–Kier alpha value is -3.04. The monoisotopic (exact) mass is 967 g/mol. The number of unbranched alkanes of at least 4 members (excludes halogenated alkanes) is 24. The Morgan fingerprint density at radius 3 is 0.508 bits per heavy atom. The largest absolute Gasteiger partial charge is 4.00 e. The molecule has 0 amide bonds. The zero-order chi connectivity index (χ0) is 46.6. The van der Waals surface area contributed by atoms with E-state index < -0.39 is 0 Å². The maximum atomic E-state index is 10.9. The predicted octanol–water partition coefficient (Wildman–Crippen LogP) is 16.2. The Morgan fingerprint density at radius 2 is 0.354 bits per heavy atom. The van der Waals surface area contributed by atoms with Gasteiger partial charge in [-0.05, 0) is 73.6 Å². The van der Waals surface area contributed by atoms with Gasteiger partial charge in [0.2, 0.25) is 0 Å². The zero-order valence-electron chi connectivity index (χ0n) is 42.0. The van der Waals surface area contributed by atoms with Crippen LogP contribution in [0.15, 0.2) is 97.1 Å². The van der Waals surface area contributed by atoms with Gasteiger partial charge in [0.05, 0.1) is 0 Å². The van der Waals surface area contributed by atoms with Gasteiger partial charge in [-0.2, -0.15) is 0 Å². The van der Waals surface area contributed by atoms with E-state index in [9.17, 15) is 20.4 Å². The van der Waals surface area contributed by atoms with E-state index >= 15 is 0 Å². The number of rotatable bonds is 32. The van der Waals surface area contributed by atoms with Crippen molar-refractivity contribution in [3.05, 3.63) is 119 Å². The van der Waals surface area contributed by atoms with Crippen LogP contribution < -0.4 is 20.4 Å². The number of aryl methyl sites for hydroxylation is 4.